The minimum atomic E-state index is 0.128. The highest BCUT2D eigenvalue weighted by atomic mass is 16.5. The summed E-state index contributed by atoms with van der Waals surface area (Å²) in [5, 5.41) is 4.23. The Labute approximate surface area is 165 Å². The molecule has 2 aromatic rings. The lowest BCUT2D eigenvalue weighted by molar-refractivity contribution is -0.129. The van der Waals surface area contributed by atoms with Gasteiger partial charge in [0.1, 0.15) is 5.82 Å². The molecule has 4 rings (SSSR count). The second-order valence-corrected chi connectivity index (χ2v) is 7.84. The molecule has 0 aromatic carbocycles. The molecule has 2 aliphatic heterocycles. The number of carbonyl (C=O) groups is 1. The standard InChI is InChI=1S/C20H28N6O2/c1-14(2)26-8-4-5-17(26)20-22-19(23-28-20)16-6-7-21-18(13-16)25-11-9-24(10-12-25)15(3)27/h6-7,13-14,17H,4-5,8-12H2,1-3H3. The lowest BCUT2D eigenvalue weighted by Crippen LogP contribution is -2.48. The van der Waals surface area contributed by atoms with E-state index in [4.69, 9.17) is 9.51 Å². The van der Waals surface area contributed by atoms with Crippen molar-refractivity contribution in [2.24, 2.45) is 0 Å². The van der Waals surface area contributed by atoms with E-state index in [0.717, 1.165) is 56.9 Å². The zero-order valence-corrected chi connectivity index (χ0v) is 16.8. The Morgan fingerprint density at radius 3 is 2.71 bits per heavy atom. The fourth-order valence-electron chi connectivity index (χ4n) is 4.14. The van der Waals surface area contributed by atoms with Crippen molar-refractivity contribution in [3.05, 3.63) is 24.2 Å². The maximum absolute atomic E-state index is 11.5. The predicted octanol–water partition coefficient (Wildman–Crippen LogP) is 2.35. The fourth-order valence-corrected chi connectivity index (χ4v) is 4.14. The van der Waals surface area contributed by atoms with E-state index < -0.39 is 0 Å². The number of hydrogen-bond acceptors (Lipinski definition) is 7. The van der Waals surface area contributed by atoms with Crippen LogP contribution in [0.1, 0.15) is 45.5 Å². The first-order valence-electron chi connectivity index (χ1n) is 10.1. The van der Waals surface area contributed by atoms with Crippen LogP contribution in [-0.4, -0.2) is 69.6 Å². The van der Waals surface area contributed by atoms with Crippen molar-refractivity contribution in [2.45, 2.75) is 45.7 Å². The Kier molecular flexibility index (Phi) is 5.30. The molecule has 1 amide bonds. The highest BCUT2D eigenvalue weighted by Crippen LogP contribution is 2.33. The van der Waals surface area contributed by atoms with E-state index in [0.29, 0.717) is 17.8 Å². The van der Waals surface area contributed by atoms with Crippen LogP contribution in [0.15, 0.2) is 22.9 Å². The van der Waals surface area contributed by atoms with Gasteiger partial charge in [0, 0.05) is 50.9 Å². The van der Waals surface area contributed by atoms with Crippen LogP contribution in [0.4, 0.5) is 5.82 Å². The van der Waals surface area contributed by atoms with Gasteiger partial charge in [0.25, 0.3) is 0 Å². The molecule has 0 N–H and O–H groups in total. The number of likely N-dealkylation sites (tertiary alicyclic amines) is 1. The number of piperazine rings is 1. The van der Waals surface area contributed by atoms with Crippen molar-refractivity contribution >= 4 is 11.7 Å². The van der Waals surface area contributed by atoms with Crippen LogP contribution in [-0.2, 0) is 4.79 Å². The van der Waals surface area contributed by atoms with E-state index in [9.17, 15) is 4.79 Å². The molecule has 1 unspecified atom stereocenters. The van der Waals surface area contributed by atoms with Crippen LogP contribution in [0.5, 0.6) is 0 Å². The summed E-state index contributed by atoms with van der Waals surface area (Å²) in [6.07, 6.45) is 4.00. The quantitative estimate of drug-likeness (QED) is 0.800. The SMILES string of the molecule is CC(=O)N1CCN(c2cc(-c3noc(C4CCCN4C(C)C)n3)ccn2)CC1. The fraction of sp³-hybridized carbons (Fsp3) is 0.600. The first-order chi connectivity index (χ1) is 13.5. The van der Waals surface area contributed by atoms with Crippen molar-refractivity contribution in [1.82, 2.24) is 24.9 Å². The summed E-state index contributed by atoms with van der Waals surface area (Å²) < 4.78 is 5.63. The molecule has 0 spiro atoms. The van der Waals surface area contributed by atoms with Crippen molar-refractivity contribution in [1.29, 1.82) is 0 Å². The average Bonchev–Trinajstić information content (AvgIpc) is 3.37. The number of aromatic nitrogens is 3. The third-order valence-corrected chi connectivity index (χ3v) is 5.74. The molecule has 2 aliphatic rings. The van der Waals surface area contributed by atoms with Crippen LogP contribution in [0.2, 0.25) is 0 Å². The van der Waals surface area contributed by atoms with Crippen molar-refractivity contribution < 1.29 is 9.32 Å². The van der Waals surface area contributed by atoms with Gasteiger partial charge < -0.3 is 14.3 Å². The summed E-state index contributed by atoms with van der Waals surface area (Å²) in [5.41, 5.74) is 0.906. The molecule has 8 heteroatoms. The number of nitrogens with zero attached hydrogens (tertiary/aromatic N) is 6. The van der Waals surface area contributed by atoms with E-state index in [-0.39, 0.29) is 11.9 Å². The number of hydrogen-bond donors (Lipinski definition) is 0. The molecule has 28 heavy (non-hydrogen) atoms. The number of carbonyl (C=O) groups excluding carboxylic acids is 1. The first kappa shape index (κ1) is 18.9. The number of amides is 1. The van der Waals surface area contributed by atoms with Gasteiger partial charge in [-0.15, -0.1) is 0 Å². The summed E-state index contributed by atoms with van der Waals surface area (Å²) >= 11 is 0. The molecule has 150 valence electrons. The van der Waals surface area contributed by atoms with E-state index in [1.807, 2.05) is 17.0 Å². The first-order valence-corrected chi connectivity index (χ1v) is 10.1. The van der Waals surface area contributed by atoms with Gasteiger partial charge in [-0.25, -0.2) is 4.98 Å². The van der Waals surface area contributed by atoms with Gasteiger partial charge in [-0.2, -0.15) is 4.98 Å². The molecule has 0 radical (unpaired) electrons. The monoisotopic (exact) mass is 384 g/mol. The van der Waals surface area contributed by atoms with E-state index >= 15 is 0 Å². The summed E-state index contributed by atoms with van der Waals surface area (Å²) in [5.74, 6) is 2.33. The van der Waals surface area contributed by atoms with Gasteiger partial charge in [0.05, 0.1) is 6.04 Å². The Bertz CT molecular complexity index is 828. The van der Waals surface area contributed by atoms with Gasteiger partial charge in [-0.1, -0.05) is 5.16 Å². The molecule has 2 aromatic heterocycles. The minimum absolute atomic E-state index is 0.128. The average molecular weight is 384 g/mol. The van der Waals surface area contributed by atoms with Crippen LogP contribution >= 0.6 is 0 Å². The van der Waals surface area contributed by atoms with Crippen molar-refractivity contribution in [3.63, 3.8) is 0 Å². The van der Waals surface area contributed by atoms with Gasteiger partial charge in [-0.3, -0.25) is 9.69 Å². The Morgan fingerprint density at radius 1 is 1.21 bits per heavy atom. The zero-order chi connectivity index (χ0) is 19.7. The van der Waals surface area contributed by atoms with Gasteiger partial charge in [-0.05, 0) is 45.4 Å². The molecule has 2 fully saturated rings. The van der Waals surface area contributed by atoms with Crippen LogP contribution in [0.3, 0.4) is 0 Å². The summed E-state index contributed by atoms with van der Waals surface area (Å²) in [6.45, 7) is 10.1. The second kappa shape index (κ2) is 7.87. The molecule has 0 bridgehead atoms. The molecular formula is C20H28N6O2. The highest BCUT2D eigenvalue weighted by Gasteiger charge is 2.32. The summed E-state index contributed by atoms with van der Waals surface area (Å²) in [7, 11) is 0. The second-order valence-electron chi connectivity index (χ2n) is 7.84. The molecule has 0 saturated carbocycles. The maximum atomic E-state index is 11.5. The van der Waals surface area contributed by atoms with Crippen LogP contribution in [0.25, 0.3) is 11.4 Å². The molecule has 2 saturated heterocycles. The van der Waals surface area contributed by atoms with Crippen molar-refractivity contribution in [2.75, 3.05) is 37.6 Å². The van der Waals surface area contributed by atoms with E-state index in [1.54, 1.807) is 13.1 Å². The van der Waals surface area contributed by atoms with Crippen LogP contribution in [0, 0.1) is 0 Å². The highest BCUT2D eigenvalue weighted by molar-refractivity contribution is 5.73. The summed E-state index contributed by atoms with van der Waals surface area (Å²) in [6, 6.07) is 4.59. The van der Waals surface area contributed by atoms with Gasteiger partial charge in [0.2, 0.25) is 17.6 Å². The molecule has 0 aliphatic carbocycles. The van der Waals surface area contributed by atoms with Gasteiger partial charge >= 0.3 is 0 Å². The Morgan fingerprint density at radius 2 is 2.00 bits per heavy atom. The normalized spacial score (nSPS) is 20.9. The number of rotatable bonds is 4. The summed E-state index contributed by atoms with van der Waals surface area (Å²) in [4.78, 5) is 27.2. The van der Waals surface area contributed by atoms with Gasteiger partial charge in [0.15, 0.2) is 0 Å². The zero-order valence-electron chi connectivity index (χ0n) is 16.8. The Balaban J connectivity index is 1.50. The topological polar surface area (TPSA) is 78.6 Å². The molecule has 1 atom stereocenters. The molecule has 8 nitrogen and oxygen atoms in total. The van der Waals surface area contributed by atoms with E-state index in [2.05, 4.69) is 33.8 Å². The predicted molar refractivity (Wildman–Crippen MR) is 106 cm³/mol. The number of anilines is 1. The third kappa shape index (κ3) is 3.73. The number of pyridine rings is 1. The van der Waals surface area contributed by atoms with Crippen LogP contribution < -0.4 is 4.90 Å². The third-order valence-electron chi connectivity index (χ3n) is 5.74. The van der Waals surface area contributed by atoms with Crippen molar-refractivity contribution in [3.8, 4) is 11.4 Å². The molecular weight excluding hydrogens is 356 g/mol. The smallest absolute Gasteiger partial charge is 0.244 e. The largest absolute Gasteiger partial charge is 0.353 e. The maximum Gasteiger partial charge on any atom is 0.244 e. The minimum Gasteiger partial charge on any atom is -0.353 e. The lowest BCUT2D eigenvalue weighted by atomic mass is 10.2. The lowest BCUT2D eigenvalue weighted by Gasteiger charge is -2.34. The van der Waals surface area contributed by atoms with E-state index in [1.165, 1.54) is 0 Å². The Hall–Kier alpha value is -2.48. The molecule has 4 heterocycles.